The van der Waals surface area contributed by atoms with E-state index in [0.717, 1.165) is 19.3 Å². The van der Waals surface area contributed by atoms with Gasteiger partial charge in [0.1, 0.15) is 5.82 Å². The van der Waals surface area contributed by atoms with Gasteiger partial charge in [-0.15, -0.1) is 0 Å². The molecule has 0 radical (unpaired) electrons. The zero-order valence-corrected chi connectivity index (χ0v) is 14.9. The molecule has 6 nitrogen and oxygen atoms in total. The van der Waals surface area contributed by atoms with Crippen LogP contribution in [0.15, 0.2) is 24.3 Å². The van der Waals surface area contributed by atoms with Crippen LogP contribution in [0.2, 0.25) is 0 Å². The smallest absolute Gasteiger partial charge is 0.232 e. The van der Waals surface area contributed by atoms with E-state index in [-0.39, 0.29) is 12.5 Å². The normalized spacial score (nSPS) is 16.2. The van der Waals surface area contributed by atoms with E-state index in [1.807, 2.05) is 11.9 Å². The molecule has 1 aliphatic heterocycles. The number of halogens is 1. The van der Waals surface area contributed by atoms with Gasteiger partial charge in [0.25, 0.3) is 0 Å². The maximum atomic E-state index is 13.0. The Kier molecular flexibility index (Phi) is 6.17. The molecule has 0 aliphatic carbocycles. The van der Waals surface area contributed by atoms with Gasteiger partial charge in [-0.2, -0.15) is 0 Å². The predicted molar refractivity (Wildman–Crippen MR) is 91.9 cm³/mol. The summed E-state index contributed by atoms with van der Waals surface area (Å²) in [6.45, 7) is 3.34. The summed E-state index contributed by atoms with van der Waals surface area (Å²) in [7, 11) is -1.46. The minimum absolute atomic E-state index is 0.0515. The van der Waals surface area contributed by atoms with Crippen LogP contribution in [0.25, 0.3) is 0 Å². The quantitative estimate of drug-likeness (QED) is 0.766. The van der Waals surface area contributed by atoms with E-state index in [9.17, 15) is 17.6 Å². The molecule has 1 aromatic carbocycles. The van der Waals surface area contributed by atoms with E-state index >= 15 is 0 Å². The molecule has 1 aliphatic rings. The number of benzene rings is 1. The molecule has 1 saturated heterocycles. The summed E-state index contributed by atoms with van der Waals surface area (Å²) in [6, 6.07) is 5.31. The van der Waals surface area contributed by atoms with Crippen LogP contribution in [0, 0.1) is 5.82 Å². The fraction of sp³-hybridized carbons (Fsp3) is 0.562. The monoisotopic (exact) mass is 357 g/mol. The molecular weight excluding hydrogens is 333 g/mol. The second kappa shape index (κ2) is 7.94. The summed E-state index contributed by atoms with van der Waals surface area (Å²) in [5.74, 6) is -0.367. The van der Waals surface area contributed by atoms with Gasteiger partial charge < -0.3 is 9.80 Å². The van der Waals surface area contributed by atoms with Crippen molar-refractivity contribution in [3.8, 4) is 0 Å². The molecule has 1 aromatic rings. The molecule has 0 bridgehead atoms. The van der Waals surface area contributed by atoms with Crippen molar-refractivity contribution in [1.82, 2.24) is 9.80 Å². The third-order valence-corrected chi connectivity index (χ3v) is 5.32. The van der Waals surface area contributed by atoms with Crippen LogP contribution in [0.3, 0.4) is 0 Å². The Morgan fingerprint density at radius 2 is 1.75 bits per heavy atom. The third kappa shape index (κ3) is 5.17. The Hall–Kier alpha value is -1.67. The van der Waals surface area contributed by atoms with Gasteiger partial charge in [-0.3, -0.25) is 9.10 Å². The molecule has 0 aromatic heterocycles. The van der Waals surface area contributed by atoms with Crippen molar-refractivity contribution in [3.63, 3.8) is 0 Å². The molecule has 1 heterocycles. The maximum absolute atomic E-state index is 13.0. The number of rotatable bonds is 6. The lowest BCUT2D eigenvalue weighted by atomic mass is 10.2. The summed E-state index contributed by atoms with van der Waals surface area (Å²) >= 11 is 0. The van der Waals surface area contributed by atoms with Crippen LogP contribution < -0.4 is 4.31 Å². The molecule has 134 valence electrons. The van der Waals surface area contributed by atoms with Crippen molar-refractivity contribution >= 4 is 21.6 Å². The van der Waals surface area contributed by atoms with Crippen LogP contribution in [-0.4, -0.2) is 70.2 Å². The van der Waals surface area contributed by atoms with Crippen LogP contribution >= 0.6 is 0 Å². The van der Waals surface area contributed by atoms with Gasteiger partial charge in [-0.1, -0.05) is 0 Å². The van der Waals surface area contributed by atoms with Crippen molar-refractivity contribution in [2.45, 2.75) is 12.8 Å². The highest BCUT2D eigenvalue weighted by molar-refractivity contribution is 7.92. The number of nitrogens with zero attached hydrogens (tertiary/aromatic N) is 3. The van der Waals surface area contributed by atoms with Crippen molar-refractivity contribution in [1.29, 1.82) is 0 Å². The van der Waals surface area contributed by atoms with E-state index in [0.29, 0.717) is 31.6 Å². The van der Waals surface area contributed by atoms with Gasteiger partial charge in [-0.05, 0) is 37.7 Å². The standard InChI is InChI=1S/C16H24FN3O3S/c1-18-10-12-19(13-11-18)16(21)4-3-9-20(24(2,22)23)15-7-5-14(17)6-8-15/h5-8H,3-4,9-13H2,1-2H3. The second-order valence-corrected chi connectivity index (χ2v) is 8.01. The number of carbonyl (C=O) groups excluding carboxylic acids is 1. The largest absolute Gasteiger partial charge is 0.340 e. The zero-order valence-electron chi connectivity index (χ0n) is 14.1. The number of carbonyl (C=O) groups is 1. The SMILES string of the molecule is CN1CCN(C(=O)CCCN(c2ccc(F)cc2)S(C)(=O)=O)CC1. The highest BCUT2D eigenvalue weighted by Crippen LogP contribution is 2.19. The van der Waals surface area contributed by atoms with Gasteiger partial charge >= 0.3 is 0 Å². The maximum Gasteiger partial charge on any atom is 0.232 e. The molecule has 0 unspecified atom stereocenters. The van der Waals surface area contributed by atoms with Gasteiger partial charge in [0.05, 0.1) is 11.9 Å². The Morgan fingerprint density at radius 3 is 2.29 bits per heavy atom. The Labute approximate surface area is 142 Å². The topological polar surface area (TPSA) is 60.9 Å². The van der Waals surface area contributed by atoms with Crippen molar-refractivity contribution in [3.05, 3.63) is 30.1 Å². The minimum Gasteiger partial charge on any atom is -0.340 e. The first-order valence-corrected chi connectivity index (χ1v) is 9.82. The molecule has 0 N–H and O–H groups in total. The van der Waals surface area contributed by atoms with Crippen molar-refractivity contribution in [2.24, 2.45) is 0 Å². The summed E-state index contributed by atoms with van der Waals surface area (Å²) < 4.78 is 38.2. The number of amides is 1. The first kappa shape index (κ1) is 18.7. The lowest BCUT2D eigenvalue weighted by Crippen LogP contribution is -2.47. The minimum atomic E-state index is -3.48. The Morgan fingerprint density at radius 1 is 1.17 bits per heavy atom. The van der Waals surface area contributed by atoms with Crippen LogP contribution in [0.1, 0.15) is 12.8 Å². The number of sulfonamides is 1. The van der Waals surface area contributed by atoms with E-state index < -0.39 is 15.8 Å². The molecule has 0 saturated carbocycles. The third-order valence-electron chi connectivity index (χ3n) is 4.12. The number of hydrogen-bond acceptors (Lipinski definition) is 4. The number of piperazine rings is 1. The van der Waals surface area contributed by atoms with Gasteiger partial charge in [0, 0.05) is 39.1 Å². The first-order valence-electron chi connectivity index (χ1n) is 7.97. The van der Waals surface area contributed by atoms with Gasteiger partial charge in [0.2, 0.25) is 15.9 Å². The highest BCUT2D eigenvalue weighted by atomic mass is 32.2. The fourth-order valence-corrected chi connectivity index (χ4v) is 3.65. The van der Waals surface area contributed by atoms with E-state index in [1.165, 1.54) is 28.6 Å². The lowest BCUT2D eigenvalue weighted by molar-refractivity contribution is -0.132. The van der Waals surface area contributed by atoms with Gasteiger partial charge in [-0.25, -0.2) is 12.8 Å². The molecular formula is C16H24FN3O3S. The average Bonchev–Trinajstić information content (AvgIpc) is 2.52. The lowest BCUT2D eigenvalue weighted by Gasteiger charge is -2.32. The Balaban J connectivity index is 1.91. The summed E-state index contributed by atoms with van der Waals surface area (Å²) in [5.41, 5.74) is 0.408. The molecule has 0 spiro atoms. The average molecular weight is 357 g/mol. The number of hydrogen-bond donors (Lipinski definition) is 0. The number of anilines is 1. The molecule has 1 amide bonds. The number of likely N-dealkylation sites (N-methyl/N-ethyl adjacent to an activating group) is 1. The summed E-state index contributed by atoms with van der Waals surface area (Å²) in [5, 5.41) is 0. The van der Waals surface area contributed by atoms with Crippen molar-refractivity contribution < 1.29 is 17.6 Å². The second-order valence-electron chi connectivity index (χ2n) is 6.10. The van der Waals surface area contributed by atoms with Gasteiger partial charge in [0.15, 0.2) is 0 Å². The first-order chi connectivity index (χ1) is 11.3. The highest BCUT2D eigenvalue weighted by Gasteiger charge is 2.21. The van der Waals surface area contributed by atoms with Crippen LogP contribution in [0.4, 0.5) is 10.1 Å². The molecule has 2 rings (SSSR count). The summed E-state index contributed by atoms with van der Waals surface area (Å²) in [6.07, 6.45) is 1.84. The predicted octanol–water partition coefficient (Wildman–Crippen LogP) is 1.15. The molecule has 0 atom stereocenters. The molecule has 8 heteroatoms. The zero-order chi connectivity index (χ0) is 17.7. The Bertz CT molecular complexity index is 656. The molecule has 24 heavy (non-hydrogen) atoms. The molecule has 1 fully saturated rings. The fourth-order valence-electron chi connectivity index (χ4n) is 2.68. The van der Waals surface area contributed by atoms with E-state index in [1.54, 1.807) is 0 Å². The summed E-state index contributed by atoms with van der Waals surface area (Å²) in [4.78, 5) is 16.2. The van der Waals surface area contributed by atoms with Crippen LogP contribution in [0.5, 0.6) is 0 Å². The van der Waals surface area contributed by atoms with E-state index in [2.05, 4.69) is 4.90 Å². The van der Waals surface area contributed by atoms with E-state index in [4.69, 9.17) is 0 Å². The van der Waals surface area contributed by atoms with Crippen molar-refractivity contribution in [2.75, 3.05) is 50.3 Å². The van der Waals surface area contributed by atoms with Crippen LogP contribution in [-0.2, 0) is 14.8 Å².